The predicted octanol–water partition coefficient (Wildman–Crippen LogP) is 2.89. The summed E-state index contributed by atoms with van der Waals surface area (Å²) in [7, 11) is 2.11. The summed E-state index contributed by atoms with van der Waals surface area (Å²) in [6, 6.07) is 6.05. The van der Waals surface area contributed by atoms with Crippen molar-refractivity contribution >= 4 is 21.6 Å². The van der Waals surface area contributed by atoms with Gasteiger partial charge in [-0.05, 0) is 49.6 Å². The number of halogens is 1. The van der Waals surface area contributed by atoms with E-state index in [0.29, 0.717) is 0 Å². The van der Waals surface area contributed by atoms with Crippen LogP contribution in [0.25, 0.3) is 0 Å². The highest BCUT2D eigenvalue weighted by Crippen LogP contribution is 2.28. The summed E-state index contributed by atoms with van der Waals surface area (Å²) in [6.07, 6.45) is 2.71. The Morgan fingerprint density at radius 3 is 2.83 bits per heavy atom. The third-order valence-electron chi connectivity index (χ3n) is 3.10. The van der Waals surface area contributed by atoms with Crippen molar-refractivity contribution in [3.8, 4) is 0 Å². The van der Waals surface area contributed by atoms with Gasteiger partial charge in [0.2, 0.25) is 0 Å². The molecule has 0 bridgehead atoms. The molecule has 1 aliphatic rings. The van der Waals surface area contributed by atoms with Gasteiger partial charge >= 0.3 is 0 Å². The van der Waals surface area contributed by atoms with Crippen molar-refractivity contribution in [3.05, 3.63) is 28.2 Å². The van der Waals surface area contributed by atoms with Crippen molar-refractivity contribution in [2.45, 2.75) is 19.4 Å². The number of nitrogen functional groups attached to an aromatic ring is 1. The zero-order valence-electron chi connectivity index (χ0n) is 10.9. The molecule has 0 spiro atoms. The van der Waals surface area contributed by atoms with Gasteiger partial charge in [0.15, 0.2) is 0 Å². The second-order valence-corrected chi connectivity index (χ2v) is 6.06. The summed E-state index contributed by atoms with van der Waals surface area (Å²) >= 11 is 3.47. The zero-order valence-corrected chi connectivity index (χ0v) is 12.4. The standard InChI is InChI=1S/C14H21BrN2O/c1-17(4-5-18-10-11-2-3-11)9-12-6-13(15)8-14(16)7-12/h6-8,11H,2-5,9-10,16H2,1H3. The Morgan fingerprint density at radius 1 is 1.39 bits per heavy atom. The largest absolute Gasteiger partial charge is 0.399 e. The first-order chi connectivity index (χ1) is 8.63. The Bertz CT molecular complexity index is 373. The van der Waals surface area contributed by atoms with Gasteiger partial charge in [-0.3, -0.25) is 4.90 Å². The fourth-order valence-corrected chi connectivity index (χ4v) is 2.47. The van der Waals surface area contributed by atoms with Gasteiger partial charge in [0.25, 0.3) is 0 Å². The number of rotatable bonds is 7. The molecule has 0 atom stereocenters. The number of likely N-dealkylation sites (N-methyl/N-ethyl adjacent to an activating group) is 1. The molecule has 0 unspecified atom stereocenters. The van der Waals surface area contributed by atoms with Crippen molar-refractivity contribution in [3.63, 3.8) is 0 Å². The van der Waals surface area contributed by atoms with Crippen molar-refractivity contribution < 1.29 is 4.74 Å². The summed E-state index contributed by atoms with van der Waals surface area (Å²) in [5.41, 5.74) is 7.86. The number of benzene rings is 1. The lowest BCUT2D eigenvalue weighted by atomic mass is 10.2. The molecule has 0 heterocycles. The third kappa shape index (κ3) is 4.96. The lowest BCUT2D eigenvalue weighted by molar-refractivity contribution is 0.102. The fourth-order valence-electron chi connectivity index (χ4n) is 1.91. The number of anilines is 1. The van der Waals surface area contributed by atoms with E-state index in [1.165, 1.54) is 18.4 Å². The monoisotopic (exact) mass is 312 g/mol. The van der Waals surface area contributed by atoms with Crippen LogP contribution in [0.1, 0.15) is 18.4 Å². The second kappa shape index (κ2) is 6.55. The first kappa shape index (κ1) is 13.8. The topological polar surface area (TPSA) is 38.5 Å². The quantitative estimate of drug-likeness (QED) is 0.621. The van der Waals surface area contributed by atoms with E-state index in [4.69, 9.17) is 10.5 Å². The highest BCUT2D eigenvalue weighted by atomic mass is 79.9. The van der Waals surface area contributed by atoms with Crippen molar-refractivity contribution in [2.24, 2.45) is 5.92 Å². The van der Waals surface area contributed by atoms with E-state index in [0.717, 1.165) is 42.4 Å². The Balaban J connectivity index is 1.69. The normalized spacial score (nSPS) is 15.3. The number of nitrogens with two attached hydrogens (primary N) is 1. The molecule has 0 radical (unpaired) electrons. The zero-order chi connectivity index (χ0) is 13.0. The van der Waals surface area contributed by atoms with E-state index >= 15 is 0 Å². The lowest BCUT2D eigenvalue weighted by Crippen LogP contribution is -2.23. The highest BCUT2D eigenvalue weighted by Gasteiger charge is 2.20. The van der Waals surface area contributed by atoms with Crippen LogP contribution < -0.4 is 5.73 Å². The molecule has 1 fully saturated rings. The van der Waals surface area contributed by atoms with Gasteiger partial charge < -0.3 is 10.5 Å². The van der Waals surface area contributed by atoms with Gasteiger partial charge in [-0.1, -0.05) is 15.9 Å². The van der Waals surface area contributed by atoms with Gasteiger partial charge in [-0.25, -0.2) is 0 Å². The molecule has 1 aromatic rings. The van der Waals surface area contributed by atoms with Gasteiger partial charge in [0.1, 0.15) is 0 Å². The second-order valence-electron chi connectivity index (χ2n) is 5.15. The molecule has 0 aliphatic heterocycles. The average Bonchev–Trinajstić information content (AvgIpc) is 3.06. The Morgan fingerprint density at radius 2 is 2.17 bits per heavy atom. The average molecular weight is 313 g/mol. The maximum atomic E-state index is 5.82. The number of hydrogen-bond acceptors (Lipinski definition) is 3. The van der Waals surface area contributed by atoms with Crippen LogP contribution in [0.2, 0.25) is 0 Å². The van der Waals surface area contributed by atoms with E-state index in [1.54, 1.807) is 0 Å². The maximum Gasteiger partial charge on any atom is 0.0593 e. The molecule has 4 heteroatoms. The minimum atomic E-state index is 0.803. The molecule has 0 amide bonds. The van der Waals surface area contributed by atoms with Crippen LogP contribution in [0.15, 0.2) is 22.7 Å². The first-order valence-corrected chi connectivity index (χ1v) is 7.24. The van der Waals surface area contributed by atoms with Crippen LogP contribution in [0.4, 0.5) is 5.69 Å². The van der Waals surface area contributed by atoms with E-state index < -0.39 is 0 Å². The molecule has 100 valence electrons. The number of nitrogens with zero attached hydrogens (tertiary/aromatic N) is 1. The summed E-state index contributed by atoms with van der Waals surface area (Å²) in [5.74, 6) is 0.847. The molecule has 1 aliphatic carbocycles. The van der Waals surface area contributed by atoms with E-state index in [9.17, 15) is 0 Å². The fraction of sp³-hybridized carbons (Fsp3) is 0.571. The molecule has 0 saturated heterocycles. The summed E-state index contributed by atoms with van der Waals surface area (Å²) in [4.78, 5) is 2.26. The van der Waals surface area contributed by atoms with Crippen LogP contribution in [0, 0.1) is 5.92 Å². The van der Waals surface area contributed by atoms with Crippen molar-refractivity contribution in [2.75, 3.05) is 32.5 Å². The summed E-state index contributed by atoms with van der Waals surface area (Å²) in [5, 5.41) is 0. The molecule has 2 N–H and O–H groups in total. The minimum absolute atomic E-state index is 0.803. The van der Waals surface area contributed by atoms with E-state index in [2.05, 4.69) is 33.9 Å². The molecule has 2 rings (SSSR count). The number of hydrogen-bond donors (Lipinski definition) is 1. The third-order valence-corrected chi connectivity index (χ3v) is 3.56. The maximum absolute atomic E-state index is 5.82. The first-order valence-electron chi connectivity index (χ1n) is 6.45. The SMILES string of the molecule is CN(CCOCC1CC1)Cc1cc(N)cc(Br)c1. The lowest BCUT2D eigenvalue weighted by Gasteiger charge is -2.17. The van der Waals surface area contributed by atoms with E-state index in [1.807, 2.05) is 12.1 Å². The smallest absolute Gasteiger partial charge is 0.0593 e. The van der Waals surface area contributed by atoms with Gasteiger partial charge in [0, 0.05) is 29.9 Å². The van der Waals surface area contributed by atoms with Crippen LogP contribution in [-0.2, 0) is 11.3 Å². The molecule has 1 saturated carbocycles. The molecule has 3 nitrogen and oxygen atoms in total. The van der Waals surface area contributed by atoms with Crippen molar-refractivity contribution in [1.82, 2.24) is 4.90 Å². The Kier molecular flexibility index (Phi) is 5.03. The van der Waals surface area contributed by atoms with Crippen LogP contribution >= 0.6 is 15.9 Å². The predicted molar refractivity (Wildman–Crippen MR) is 78.4 cm³/mol. The minimum Gasteiger partial charge on any atom is -0.399 e. The molecule has 1 aromatic carbocycles. The Labute approximate surface area is 117 Å². The van der Waals surface area contributed by atoms with Gasteiger partial charge in [-0.15, -0.1) is 0 Å². The molecular formula is C14H21BrN2O. The number of ether oxygens (including phenoxy) is 1. The summed E-state index contributed by atoms with van der Waals surface area (Å²) < 4.78 is 6.68. The molecule has 18 heavy (non-hydrogen) atoms. The highest BCUT2D eigenvalue weighted by molar-refractivity contribution is 9.10. The molecule has 0 aromatic heterocycles. The Hall–Kier alpha value is -0.580. The van der Waals surface area contributed by atoms with E-state index in [-0.39, 0.29) is 0 Å². The summed E-state index contributed by atoms with van der Waals surface area (Å²) in [6.45, 7) is 3.61. The van der Waals surface area contributed by atoms with Crippen LogP contribution in [0.5, 0.6) is 0 Å². The van der Waals surface area contributed by atoms with Gasteiger partial charge in [0.05, 0.1) is 6.61 Å². The van der Waals surface area contributed by atoms with Gasteiger partial charge in [-0.2, -0.15) is 0 Å². The van der Waals surface area contributed by atoms with Crippen molar-refractivity contribution in [1.29, 1.82) is 0 Å². The molecular weight excluding hydrogens is 292 g/mol. The van der Waals surface area contributed by atoms with Crippen LogP contribution in [-0.4, -0.2) is 31.7 Å². The van der Waals surface area contributed by atoms with Crippen LogP contribution in [0.3, 0.4) is 0 Å².